The van der Waals surface area contributed by atoms with Crippen LogP contribution < -0.4 is 0 Å². The third-order valence-corrected chi connectivity index (χ3v) is 3.97. The zero-order valence-corrected chi connectivity index (χ0v) is 14.5. The summed E-state index contributed by atoms with van der Waals surface area (Å²) in [5.74, 6) is -1.25. The van der Waals surface area contributed by atoms with Gasteiger partial charge in [-0.05, 0) is 65.3 Å². The summed E-state index contributed by atoms with van der Waals surface area (Å²) in [5.41, 5.74) is 0.714. The van der Waals surface area contributed by atoms with Crippen LogP contribution in [0.2, 0.25) is 0 Å². The van der Waals surface area contributed by atoms with Crippen LogP contribution in [0.1, 0.15) is 29.3 Å². The van der Waals surface area contributed by atoms with Crippen LogP contribution in [0, 0.1) is 11.6 Å². The molecule has 0 amide bonds. The van der Waals surface area contributed by atoms with E-state index >= 15 is 0 Å². The van der Waals surface area contributed by atoms with Crippen molar-refractivity contribution in [2.45, 2.75) is 13.0 Å². The van der Waals surface area contributed by atoms with E-state index in [1.54, 1.807) is 6.92 Å². The summed E-state index contributed by atoms with van der Waals surface area (Å²) in [6, 6.07) is 9.18. The summed E-state index contributed by atoms with van der Waals surface area (Å²) >= 11 is 3.11. The van der Waals surface area contributed by atoms with E-state index in [1.165, 1.54) is 36.4 Å². The van der Waals surface area contributed by atoms with Gasteiger partial charge in [0.05, 0.1) is 5.56 Å². The minimum atomic E-state index is -0.814. The summed E-state index contributed by atoms with van der Waals surface area (Å²) in [4.78, 5) is 12.2. The molecule has 8 heteroatoms. The maximum Gasteiger partial charge on any atom is 0.340 e. The third-order valence-electron chi connectivity index (χ3n) is 3.31. The Kier molecular flexibility index (Phi) is 4.89. The molecular weight excluding hydrogens is 398 g/mol. The number of carbonyl (C=O) groups excluding carboxylic acids is 1. The Bertz CT molecular complexity index is 913. The van der Waals surface area contributed by atoms with Gasteiger partial charge in [-0.25, -0.2) is 13.6 Å². The number of ether oxygens (including phenoxy) is 1. The average Bonchev–Trinajstić information content (AvgIpc) is 3.05. The Balaban J connectivity index is 1.74. The van der Waals surface area contributed by atoms with Crippen molar-refractivity contribution < 1.29 is 22.7 Å². The predicted octanol–water partition coefficient (Wildman–Crippen LogP) is 4.70. The molecule has 0 unspecified atom stereocenters. The standard InChI is InChI=1S/C17H11BrF2N2O3/c1-9(24-17(23)13-7-6-12(20)8-14(13)18)15-21-22-16(25-15)10-2-4-11(19)5-3-10/h2-9H,1H3/t9-/m0/s1. The number of aromatic nitrogens is 2. The zero-order valence-electron chi connectivity index (χ0n) is 12.9. The molecule has 0 radical (unpaired) electrons. The first-order valence-electron chi connectivity index (χ1n) is 7.19. The van der Waals surface area contributed by atoms with Gasteiger partial charge in [-0.3, -0.25) is 0 Å². The normalized spacial score (nSPS) is 12.0. The van der Waals surface area contributed by atoms with Crippen LogP contribution in [-0.4, -0.2) is 16.2 Å². The number of rotatable bonds is 4. The Morgan fingerprint density at radius 3 is 2.48 bits per heavy atom. The van der Waals surface area contributed by atoms with Crippen LogP contribution in [0.4, 0.5) is 8.78 Å². The number of nitrogens with zero attached hydrogens (tertiary/aromatic N) is 2. The molecule has 1 atom stereocenters. The number of halogens is 3. The Morgan fingerprint density at radius 1 is 1.12 bits per heavy atom. The molecule has 2 aromatic carbocycles. The maximum atomic E-state index is 13.1. The molecule has 0 saturated heterocycles. The monoisotopic (exact) mass is 408 g/mol. The second kappa shape index (κ2) is 7.10. The molecule has 0 N–H and O–H groups in total. The van der Waals surface area contributed by atoms with Crippen molar-refractivity contribution in [2.24, 2.45) is 0 Å². The van der Waals surface area contributed by atoms with E-state index in [2.05, 4.69) is 26.1 Å². The SMILES string of the molecule is C[C@H](OC(=O)c1ccc(F)cc1Br)c1nnc(-c2ccc(F)cc2)o1. The highest BCUT2D eigenvalue weighted by molar-refractivity contribution is 9.10. The molecule has 5 nitrogen and oxygen atoms in total. The first-order valence-corrected chi connectivity index (χ1v) is 7.98. The maximum absolute atomic E-state index is 13.1. The lowest BCUT2D eigenvalue weighted by Crippen LogP contribution is -2.10. The van der Waals surface area contributed by atoms with Gasteiger partial charge in [0, 0.05) is 10.0 Å². The van der Waals surface area contributed by atoms with Crippen molar-refractivity contribution in [3.05, 3.63) is 70.0 Å². The average molecular weight is 409 g/mol. The van der Waals surface area contributed by atoms with E-state index in [0.29, 0.717) is 5.56 Å². The first-order chi connectivity index (χ1) is 11.9. The Labute approximate surface area is 149 Å². The summed E-state index contributed by atoms with van der Waals surface area (Å²) in [5, 5.41) is 7.70. The van der Waals surface area contributed by atoms with Crippen molar-refractivity contribution >= 4 is 21.9 Å². The molecule has 0 spiro atoms. The molecule has 25 heavy (non-hydrogen) atoms. The topological polar surface area (TPSA) is 65.2 Å². The molecule has 1 aromatic heterocycles. The minimum absolute atomic E-state index is 0.0888. The van der Waals surface area contributed by atoms with Gasteiger partial charge in [0.1, 0.15) is 11.6 Å². The molecule has 128 valence electrons. The highest BCUT2D eigenvalue weighted by Crippen LogP contribution is 2.25. The molecule has 0 aliphatic rings. The van der Waals surface area contributed by atoms with E-state index in [4.69, 9.17) is 9.15 Å². The molecule has 3 aromatic rings. The van der Waals surface area contributed by atoms with Gasteiger partial charge in [-0.15, -0.1) is 10.2 Å². The molecule has 3 rings (SSSR count). The number of hydrogen-bond donors (Lipinski definition) is 0. The molecular formula is C17H11BrF2N2O3. The van der Waals surface area contributed by atoms with E-state index in [0.717, 1.165) is 6.07 Å². The van der Waals surface area contributed by atoms with Gasteiger partial charge >= 0.3 is 5.97 Å². The highest BCUT2D eigenvalue weighted by Gasteiger charge is 2.21. The van der Waals surface area contributed by atoms with Gasteiger partial charge < -0.3 is 9.15 Å². The number of carbonyl (C=O) groups is 1. The molecule has 0 aliphatic carbocycles. The highest BCUT2D eigenvalue weighted by atomic mass is 79.9. The Morgan fingerprint density at radius 2 is 1.80 bits per heavy atom. The van der Waals surface area contributed by atoms with Gasteiger partial charge in [-0.1, -0.05) is 0 Å². The summed E-state index contributed by atoms with van der Waals surface area (Å²) in [6.07, 6.45) is -0.814. The lowest BCUT2D eigenvalue weighted by molar-refractivity contribution is 0.0278. The van der Waals surface area contributed by atoms with E-state index < -0.39 is 17.9 Å². The van der Waals surface area contributed by atoms with Crippen molar-refractivity contribution in [3.63, 3.8) is 0 Å². The fourth-order valence-electron chi connectivity index (χ4n) is 2.04. The van der Waals surface area contributed by atoms with Crippen molar-refractivity contribution in [3.8, 4) is 11.5 Å². The zero-order chi connectivity index (χ0) is 18.0. The smallest absolute Gasteiger partial charge is 0.340 e. The lowest BCUT2D eigenvalue weighted by atomic mass is 10.2. The summed E-state index contributed by atoms with van der Waals surface area (Å²) < 4.78 is 37.0. The van der Waals surface area contributed by atoms with Gasteiger partial charge in [0.2, 0.25) is 5.89 Å². The van der Waals surface area contributed by atoms with Crippen LogP contribution in [0.5, 0.6) is 0 Å². The molecule has 0 saturated carbocycles. The van der Waals surface area contributed by atoms with E-state index in [9.17, 15) is 13.6 Å². The van der Waals surface area contributed by atoms with Gasteiger partial charge in [-0.2, -0.15) is 0 Å². The summed E-state index contributed by atoms with van der Waals surface area (Å²) in [6.45, 7) is 1.57. The van der Waals surface area contributed by atoms with Crippen LogP contribution >= 0.6 is 15.9 Å². The van der Waals surface area contributed by atoms with Crippen LogP contribution in [0.15, 0.2) is 51.4 Å². The molecule has 0 aliphatic heterocycles. The first kappa shape index (κ1) is 17.2. The summed E-state index contributed by atoms with van der Waals surface area (Å²) in [7, 11) is 0. The van der Waals surface area contributed by atoms with Crippen LogP contribution in [-0.2, 0) is 4.74 Å². The Hall–Kier alpha value is -2.61. The van der Waals surface area contributed by atoms with E-state index in [1.807, 2.05) is 0 Å². The third kappa shape index (κ3) is 3.90. The van der Waals surface area contributed by atoms with Gasteiger partial charge in [0.15, 0.2) is 6.10 Å². The van der Waals surface area contributed by atoms with Gasteiger partial charge in [0.25, 0.3) is 5.89 Å². The fourth-order valence-corrected chi connectivity index (χ4v) is 2.55. The van der Waals surface area contributed by atoms with E-state index in [-0.39, 0.29) is 27.6 Å². The van der Waals surface area contributed by atoms with Crippen molar-refractivity contribution in [2.75, 3.05) is 0 Å². The predicted molar refractivity (Wildman–Crippen MR) is 87.6 cm³/mol. The number of hydrogen-bond acceptors (Lipinski definition) is 5. The van der Waals surface area contributed by atoms with Crippen molar-refractivity contribution in [1.82, 2.24) is 10.2 Å². The van der Waals surface area contributed by atoms with Crippen LogP contribution in [0.3, 0.4) is 0 Å². The van der Waals surface area contributed by atoms with Crippen LogP contribution in [0.25, 0.3) is 11.5 Å². The lowest BCUT2D eigenvalue weighted by Gasteiger charge is -2.10. The minimum Gasteiger partial charge on any atom is -0.449 e. The second-order valence-corrected chi connectivity index (χ2v) is 5.98. The molecule has 0 fully saturated rings. The molecule has 1 heterocycles. The van der Waals surface area contributed by atoms with Crippen molar-refractivity contribution in [1.29, 1.82) is 0 Å². The number of benzene rings is 2. The molecule has 0 bridgehead atoms. The number of esters is 1. The second-order valence-electron chi connectivity index (χ2n) is 5.12. The fraction of sp³-hybridized carbons (Fsp3) is 0.118. The quantitative estimate of drug-likeness (QED) is 0.585. The largest absolute Gasteiger partial charge is 0.449 e.